The van der Waals surface area contributed by atoms with Crippen LogP contribution in [0.4, 0.5) is 0 Å². The summed E-state index contributed by atoms with van der Waals surface area (Å²) in [6.07, 6.45) is 2.37. The Kier molecular flexibility index (Phi) is 25.8. The number of benzene rings is 1. The molecular weight excluding hydrogens is 869 g/mol. The van der Waals surface area contributed by atoms with Crippen LogP contribution < -0.4 is 15.4 Å². The number of ether oxygens (including phenoxy) is 2. The Labute approximate surface area is 396 Å². The first-order valence-corrected chi connectivity index (χ1v) is 22.1. The van der Waals surface area contributed by atoms with E-state index in [2.05, 4.69) is 10.6 Å². The van der Waals surface area contributed by atoms with E-state index >= 15 is 0 Å². The molecule has 0 aromatic heterocycles. The number of carbonyl (C=O) groups is 6. The molecule has 1 fully saturated rings. The van der Waals surface area contributed by atoms with Crippen LogP contribution in [-0.4, -0.2) is 138 Å². The van der Waals surface area contributed by atoms with Gasteiger partial charge in [-0.1, -0.05) is 79.5 Å². The Bertz CT molecular complexity index is 1580. The van der Waals surface area contributed by atoms with E-state index in [9.17, 15) is 33.9 Å². The zero-order valence-electron chi connectivity index (χ0n) is 39.4. The number of hydrogen-bond acceptors (Lipinski definition) is 10. The third kappa shape index (κ3) is 17.5. The molecule has 0 bridgehead atoms. The maximum absolute atomic E-state index is 14.5. The molecule has 1 saturated heterocycles. The van der Waals surface area contributed by atoms with Gasteiger partial charge in [0.2, 0.25) is 23.6 Å². The van der Waals surface area contributed by atoms with Gasteiger partial charge in [0.1, 0.15) is 35.8 Å². The molecule has 1 aliphatic rings. The van der Waals surface area contributed by atoms with Crippen molar-refractivity contribution in [3.8, 4) is 5.75 Å². The Morgan fingerprint density at radius 3 is 2.06 bits per heavy atom. The molecule has 15 nitrogen and oxygen atoms in total. The molecule has 16 heteroatoms. The van der Waals surface area contributed by atoms with Gasteiger partial charge >= 0.3 is 5.97 Å². The minimum absolute atomic E-state index is 0. The predicted molar refractivity (Wildman–Crippen MR) is 236 cm³/mol. The number of aliphatic hydroxyl groups is 1. The first-order valence-electron chi connectivity index (χ1n) is 22.1. The molecule has 1 aliphatic heterocycles. The van der Waals surface area contributed by atoms with Gasteiger partial charge in [-0.15, -0.1) is 6.42 Å². The molecule has 4 N–H and O–H groups in total. The number of likely N-dealkylation sites (tertiary alicyclic amines) is 1. The van der Waals surface area contributed by atoms with Crippen LogP contribution in [0.15, 0.2) is 24.3 Å². The van der Waals surface area contributed by atoms with Gasteiger partial charge in [-0.3, -0.25) is 24.1 Å². The summed E-state index contributed by atoms with van der Waals surface area (Å²) < 4.78 is 11.4. The molecule has 1 aromatic carbocycles. The van der Waals surface area contributed by atoms with Crippen molar-refractivity contribution in [2.75, 3.05) is 34.8 Å². The summed E-state index contributed by atoms with van der Waals surface area (Å²) in [4.78, 5) is 87.8. The van der Waals surface area contributed by atoms with E-state index < -0.39 is 78.1 Å². The summed E-state index contributed by atoms with van der Waals surface area (Å²) in [5.41, 5.74) is 9.17. The van der Waals surface area contributed by atoms with E-state index in [0.717, 1.165) is 0 Å². The number of esters is 1. The van der Waals surface area contributed by atoms with Crippen molar-refractivity contribution in [1.29, 1.82) is 0 Å². The topological polar surface area (TPSA) is 199 Å². The van der Waals surface area contributed by atoms with Crippen LogP contribution in [0, 0.1) is 24.2 Å². The van der Waals surface area contributed by atoms with Crippen molar-refractivity contribution in [1.82, 2.24) is 25.3 Å². The summed E-state index contributed by atoms with van der Waals surface area (Å²) in [5.74, 6) is -2.53. The van der Waals surface area contributed by atoms with E-state index in [1.807, 2.05) is 54.9 Å². The summed E-state index contributed by atoms with van der Waals surface area (Å²) >= 11 is 0. The largest absolute Gasteiger partial charge is 0.667 e. The van der Waals surface area contributed by atoms with Crippen LogP contribution in [0.1, 0.15) is 112 Å². The van der Waals surface area contributed by atoms with Crippen molar-refractivity contribution in [2.24, 2.45) is 17.8 Å². The molecule has 4 amide bonds. The second kappa shape index (κ2) is 28.0. The first kappa shape index (κ1) is 57.0. The van der Waals surface area contributed by atoms with E-state index in [4.69, 9.17) is 15.2 Å². The smallest absolute Gasteiger partial charge is 0.329 e. The average molecular weight is 946 g/mol. The molecule has 1 heterocycles. The SMILES string of the molecule is CC[CH-]CC(=O)C[C@H](O)[C@H](NC(=O)[C@@H](NC(=O)C(CC(C)C)N(C)C)[C@@H](C)OC(=O)[C@H](Cc1ccc(OC)cc1)N(C)C(=O)[C@@H]1CCCN1C(=O)[C@@H]([NH-])CC(C)C)[C@@H](C)CC.[Y]. The number of rotatable bonds is 26. The molecule has 0 aliphatic carbocycles. The van der Waals surface area contributed by atoms with Crippen molar-refractivity contribution in [3.05, 3.63) is 42.0 Å². The molecule has 1 unspecified atom stereocenters. The standard InChI is InChI=1S/C46H76N6O9.Y/c1-13-15-17-33(53)27-39(54)40(30(7)14-2)48-43(56)41(49-42(55)37(50(9)10)25-29(5)6)31(8)61-46(59)38(26-32-19-21-34(60-12)22-20-32)51(11)45(58)36-18-16-23-52(36)44(57)35(47)24-28(3)4;/h15,19-22,28-31,35-41,47,54H,13-14,16-18,23-27H2,1-12H3,(H,48,56)(H,49,55);/q-2;/t30-,31+,35-,36-,37?,38-,39-,40+,41-;/m0./s1. The fraction of sp³-hybridized carbons (Fsp3) is 0.717. The van der Waals surface area contributed by atoms with Crippen molar-refractivity contribution in [3.63, 3.8) is 0 Å². The van der Waals surface area contributed by atoms with Crippen molar-refractivity contribution < 1.29 is 76.1 Å². The van der Waals surface area contributed by atoms with Crippen LogP contribution in [0.2, 0.25) is 0 Å². The van der Waals surface area contributed by atoms with Crippen molar-refractivity contribution in [2.45, 2.75) is 162 Å². The number of ketones is 1. The van der Waals surface area contributed by atoms with Crippen LogP contribution in [0.3, 0.4) is 0 Å². The average Bonchev–Trinajstić information content (AvgIpc) is 3.70. The first-order chi connectivity index (χ1) is 28.7. The zero-order chi connectivity index (χ0) is 46.1. The number of carbonyl (C=O) groups excluding carboxylic acids is 6. The van der Waals surface area contributed by atoms with Crippen LogP contribution >= 0.6 is 0 Å². The third-order valence-electron chi connectivity index (χ3n) is 11.6. The summed E-state index contributed by atoms with van der Waals surface area (Å²) in [6.45, 7) is 15.3. The van der Waals surface area contributed by atoms with Gasteiger partial charge < -0.3 is 52.0 Å². The summed E-state index contributed by atoms with van der Waals surface area (Å²) in [7, 11) is 6.54. The van der Waals surface area contributed by atoms with Crippen LogP contribution in [-0.2, 0) is 72.6 Å². The number of nitrogens with zero attached hydrogens (tertiary/aromatic N) is 3. The van der Waals surface area contributed by atoms with Gasteiger partial charge in [0.05, 0.1) is 25.3 Å². The number of Topliss-reactive ketones (excluding diaryl/α,β-unsaturated/α-hetero) is 1. The summed E-state index contributed by atoms with van der Waals surface area (Å²) in [5, 5.41) is 17.0. The van der Waals surface area contributed by atoms with E-state index in [-0.39, 0.29) is 75.5 Å². The number of aliphatic hydroxyl groups excluding tert-OH is 1. The molecule has 1 radical (unpaired) electrons. The molecule has 349 valence electrons. The monoisotopic (exact) mass is 945 g/mol. The Morgan fingerprint density at radius 1 is 0.919 bits per heavy atom. The van der Waals surface area contributed by atoms with Gasteiger partial charge in [-0.2, -0.15) is 6.42 Å². The number of hydrogen-bond donors (Lipinski definition) is 3. The van der Waals surface area contributed by atoms with Gasteiger partial charge in [-0.05, 0) is 75.7 Å². The van der Waals surface area contributed by atoms with Gasteiger partial charge in [0, 0.05) is 59.1 Å². The van der Waals surface area contributed by atoms with E-state index in [0.29, 0.717) is 56.4 Å². The molecule has 62 heavy (non-hydrogen) atoms. The maximum atomic E-state index is 14.5. The van der Waals surface area contributed by atoms with Crippen molar-refractivity contribution >= 4 is 35.4 Å². The normalized spacial score (nSPS) is 17.8. The Balaban J connectivity index is 0.0000192. The van der Waals surface area contributed by atoms with E-state index in [1.165, 1.54) is 30.9 Å². The van der Waals surface area contributed by atoms with Gasteiger partial charge in [0.25, 0.3) is 0 Å². The number of nitrogens with one attached hydrogen (secondary N) is 3. The molecule has 0 saturated carbocycles. The molecule has 1 aromatic rings. The number of methoxy groups -OCH3 is 1. The second-order valence-corrected chi connectivity index (χ2v) is 17.8. The Hall–Kier alpha value is -2.98. The second-order valence-electron chi connectivity index (χ2n) is 17.8. The quantitative estimate of drug-likeness (QED) is 0.0860. The predicted octanol–water partition coefficient (Wildman–Crippen LogP) is 4.77. The van der Waals surface area contributed by atoms with E-state index in [1.54, 1.807) is 43.3 Å². The molecule has 9 atom stereocenters. The van der Waals surface area contributed by atoms with Crippen LogP contribution in [0.25, 0.3) is 5.73 Å². The molecule has 0 spiro atoms. The van der Waals surface area contributed by atoms with Gasteiger partial charge in [0.15, 0.2) is 0 Å². The summed E-state index contributed by atoms with van der Waals surface area (Å²) in [6, 6.07) is 0.941. The number of likely N-dealkylation sites (N-methyl/N-ethyl adjacent to an activating group) is 2. The number of unbranched alkanes of at least 4 members (excludes halogenated alkanes) is 1. The minimum Gasteiger partial charge on any atom is -0.667 e. The Morgan fingerprint density at radius 2 is 1.53 bits per heavy atom. The van der Waals surface area contributed by atoms with Crippen LogP contribution in [0.5, 0.6) is 5.75 Å². The fourth-order valence-corrected chi connectivity index (χ4v) is 7.66. The molecular formula is C46H76N6O9Y-2. The molecule has 2 rings (SSSR count). The van der Waals surface area contributed by atoms with Gasteiger partial charge in [-0.25, -0.2) is 4.79 Å². The number of amides is 4. The minimum atomic E-state index is -1.44. The third-order valence-corrected chi connectivity index (χ3v) is 11.6. The maximum Gasteiger partial charge on any atom is 0.329 e. The fourth-order valence-electron chi connectivity index (χ4n) is 7.66. The zero-order valence-corrected chi connectivity index (χ0v) is 42.3.